The minimum absolute atomic E-state index is 0.0730. The van der Waals surface area contributed by atoms with Gasteiger partial charge < -0.3 is 5.32 Å². The van der Waals surface area contributed by atoms with Crippen LogP contribution in [0, 0.1) is 0 Å². The van der Waals surface area contributed by atoms with E-state index in [2.05, 4.69) is 26.0 Å². The van der Waals surface area contributed by atoms with E-state index in [0.29, 0.717) is 11.4 Å². The molecule has 0 unspecified atom stereocenters. The number of rotatable bonds is 6. The molecular weight excluding hydrogens is 316 g/mol. The second-order valence-electron chi connectivity index (χ2n) is 4.84. The average Bonchev–Trinajstić information content (AvgIpc) is 3.16. The number of nitrogens with one attached hydrogen (secondary N) is 1. The Morgan fingerprint density at radius 1 is 1.32 bits per heavy atom. The van der Waals surface area contributed by atoms with Crippen molar-refractivity contribution in [2.24, 2.45) is 0 Å². The topological polar surface area (TPSA) is 67.8 Å². The highest BCUT2D eigenvalue weighted by Crippen LogP contribution is 2.22. The Morgan fingerprint density at radius 2 is 2.18 bits per heavy atom. The summed E-state index contributed by atoms with van der Waals surface area (Å²) >= 11 is 2.87. The highest BCUT2D eigenvalue weighted by molar-refractivity contribution is 7.18. The second kappa shape index (κ2) is 6.93. The van der Waals surface area contributed by atoms with Crippen LogP contribution in [0.15, 0.2) is 24.3 Å². The number of nitrogens with zero attached hydrogens (tertiary/aromatic N) is 3. The molecule has 0 aliphatic rings. The lowest BCUT2D eigenvalue weighted by atomic mass is 10.2. The number of hydrogen-bond acceptors (Lipinski definition) is 6. The third-order valence-electron chi connectivity index (χ3n) is 3.29. The Kier molecular flexibility index (Phi) is 4.74. The van der Waals surface area contributed by atoms with Crippen molar-refractivity contribution in [3.63, 3.8) is 0 Å². The number of carbonyl (C=O) groups is 1. The zero-order valence-electron chi connectivity index (χ0n) is 12.2. The zero-order valence-corrected chi connectivity index (χ0v) is 13.8. The van der Waals surface area contributed by atoms with Crippen LogP contribution in [-0.2, 0) is 12.8 Å². The molecule has 1 amide bonds. The van der Waals surface area contributed by atoms with E-state index in [-0.39, 0.29) is 5.91 Å². The molecule has 3 rings (SSSR count). The summed E-state index contributed by atoms with van der Waals surface area (Å²) in [5.74, 6) is -0.0730. The van der Waals surface area contributed by atoms with E-state index >= 15 is 0 Å². The summed E-state index contributed by atoms with van der Waals surface area (Å²) in [6.45, 7) is 2.61. The zero-order chi connectivity index (χ0) is 15.4. The standard InChI is InChI=1S/C15H16N4OS2/c1-2-10-14(22-19-18-10)15(20)16-9-5-8-13-17-11-6-3-4-7-12(11)21-13/h3-4,6-7H,2,5,8-9H2,1H3,(H,16,20). The maximum atomic E-state index is 12.0. The second-order valence-corrected chi connectivity index (χ2v) is 6.71. The molecular formula is C15H16N4OS2. The average molecular weight is 332 g/mol. The smallest absolute Gasteiger partial charge is 0.264 e. The minimum Gasteiger partial charge on any atom is -0.351 e. The predicted molar refractivity (Wildman–Crippen MR) is 89.6 cm³/mol. The summed E-state index contributed by atoms with van der Waals surface area (Å²) in [7, 11) is 0. The molecule has 0 atom stereocenters. The Labute approximate surface area is 136 Å². The third kappa shape index (κ3) is 3.31. The van der Waals surface area contributed by atoms with Gasteiger partial charge in [0.25, 0.3) is 5.91 Å². The molecule has 0 aliphatic heterocycles. The summed E-state index contributed by atoms with van der Waals surface area (Å²) in [5.41, 5.74) is 1.82. The minimum atomic E-state index is -0.0730. The lowest BCUT2D eigenvalue weighted by Gasteiger charge is -2.02. The molecule has 7 heteroatoms. The number of aromatic nitrogens is 3. The molecule has 0 saturated carbocycles. The Bertz CT molecular complexity index is 748. The summed E-state index contributed by atoms with van der Waals surface area (Å²) < 4.78 is 5.05. The highest BCUT2D eigenvalue weighted by atomic mass is 32.1. The van der Waals surface area contributed by atoms with Crippen molar-refractivity contribution in [3.8, 4) is 0 Å². The van der Waals surface area contributed by atoms with Gasteiger partial charge in [-0.1, -0.05) is 23.5 Å². The molecule has 0 bridgehead atoms. The van der Waals surface area contributed by atoms with E-state index in [9.17, 15) is 4.79 Å². The Hall–Kier alpha value is -1.86. The molecule has 0 saturated heterocycles. The quantitative estimate of drug-likeness (QED) is 0.704. The normalized spacial score (nSPS) is 11.0. The van der Waals surface area contributed by atoms with Crippen molar-refractivity contribution in [1.29, 1.82) is 0 Å². The molecule has 5 nitrogen and oxygen atoms in total. The number of hydrogen-bond donors (Lipinski definition) is 1. The maximum absolute atomic E-state index is 12.0. The van der Waals surface area contributed by atoms with Gasteiger partial charge in [-0.05, 0) is 36.5 Å². The van der Waals surface area contributed by atoms with Crippen molar-refractivity contribution < 1.29 is 4.79 Å². The first-order valence-electron chi connectivity index (χ1n) is 7.22. The van der Waals surface area contributed by atoms with Crippen LogP contribution >= 0.6 is 22.9 Å². The van der Waals surface area contributed by atoms with Gasteiger partial charge in [-0.3, -0.25) is 4.79 Å². The van der Waals surface area contributed by atoms with Gasteiger partial charge >= 0.3 is 0 Å². The predicted octanol–water partition coefficient (Wildman–Crippen LogP) is 3.07. The SMILES string of the molecule is CCc1nnsc1C(=O)NCCCc1nc2ccccc2s1. The van der Waals surface area contributed by atoms with Crippen LogP contribution in [0.25, 0.3) is 10.2 Å². The maximum Gasteiger partial charge on any atom is 0.264 e. The number of para-hydroxylation sites is 1. The summed E-state index contributed by atoms with van der Waals surface area (Å²) in [6, 6.07) is 8.14. The van der Waals surface area contributed by atoms with E-state index < -0.39 is 0 Å². The fraction of sp³-hybridized carbons (Fsp3) is 0.333. The summed E-state index contributed by atoms with van der Waals surface area (Å²) in [6.07, 6.45) is 2.48. The van der Waals surface area contributed by atoms with Gasteiger partial charge in [-0.25, -0.2) is 4.98 Å². The number of amides is 1. The third-order valence-corrected chi connectivity index (χ3v) is 5.15. The van der Waals surface area contributed by atoms with Gasteiger partial charge in [-0.15, -0.1) is 16.4 Å². The van der Waals surface area contributed by atoms with Gasteiger partial charge in [0.15, 0.2) is 0 Å². The Morgan fingerprint density at radius 3 is 3.00 bits per heavy atom. The molecule has 22 heavy (non-hydrogen) atoms. The van der Waals surface area contributed by atoms with Gasteiger partial charge in [0.1, 0.15) is 4.88 Å². The lowest BCUT2D eigenvalue weighted by Crippen LogP contribution is -2.24. The van der Waals surface area contributed by atoms with E-state index in [1.54, 1.807) is 11.3 Å². The molecule has 0 radical (unpaired) electrons. The van der Waals surface area contributed by atoms with Crippen LogP contribution in [0.1, 0.15) is 33.7 Å². The molecule has 2 heterocycles. The molecule has 0 fully saturated rings. The number of carbonyl (C=O) groups excluding carboxylic acids is 1. The van der Waals surface area contributed by atoms with Gasteiger partial charge in [-0.2, -0.15) is 0 Å². The van der Waals surface area contributed by atoms with E-state index in [1.807, 2.05) is 25.1 Å². The van der Waals surface area contributed by atoms with Gasteiger partial charge in [0, 0.05) is 13.0 Å². The van der Waals surface area contributed by atoms with Gasteiger partial charge in [0.05, 0.1) is 20.9 Å². The van der Waals surface area contributed by atoms with Crippen LogP contribution in [0.3, 0.4) is 0 Å². The molecule has 1 N–H and O–H groups in total. The molecule has 0 aliphatic carbocycles. The van der Waals surface area contributed by atoms with Crippen molar-refractivity contribution >= 4 is 39.0 Å². The largest absolute Gasteiger partial charge is 0.351 e. The van der Waals surface area contributed by atoms with Crippen LogP contribution in [0.2, 0.25) is 0 Å². The summed E-state index contributed by atoms with van der Waals surface area (Å²) in [5, 5.41) is 8.00. The van der Waals surface area contributed by atoms with Crippen LogP contribution < -0.4 is 5.32 Å². The van der Waals surface area contributed by atoms with E-state index in [0.717, 1.165) is 47.0 Å². The van der Waals surface area contributed by atoms with Crippen molar-refractivity contribution in [2.45, 2.75) is 26.2 Å². The number of benzene rings is 1. The molecule has 1 aromatic carbocycles. The molecule has 3 aromatic rings. The number of aryl methyl sites for hydroxylation is 2. The molecule has 2 aromatic heterocycles. The van der Waals surface area contributed by atoms with Crippen LogP contribution in [-0.4, -0.2) is 27.0 Å². The van der Waals surface area contributed by atoms with Gasteiger partial charge in [0.2, 0.25) is 0 Å². The number of fused-ring (bicyclic) bond motifs is 1. The highest BCUT2D eigenvalue weighted by Gasteiger charge is 2.14. The summed E-state index contributed by atoms with van der Waals surface area (Å²) in [4.78, 5) is 17.3. The molecule has 114 valence electrons. The first-order valence-corrected chi connectivity index (χ1v) is 8.80. The van der Waals surface area contributed by atoms with Crippen molar-refractivity contribution in [1.82, 2.24) is 19.9 Å². The molecule has 0 spiro atoms. The van der Waals surface area contributed by atoms with Crippen LogP contribution in [0.5, 0.6) is 0 Å². The fourth-order valence-electron chi connectivity index (χ4n) is 2.16. The Balaban J connectivity index is 1.50. The lowest BCUT2D eigenvalue weighted by molar-refractivity contribution is 0.0956. The van der Waals surface area contributed by atoms with E-state index in [4.69, 9.17) is 0 Å². The van der Waals surface area contributed by atoms with Crippen LogP contribution in [0.4, 0.5) is 0 Å². The first kappa shape index (κ1) is 15.1. The van der Waals surface area contributed by atoms with E-state index in [1.165, 1.54) is 4.70 Å². The first-order chi connectivity index (χ1) is 10.8. The van der Waals surface area contributed by atoms with Crippen molar-refractivity contribution in [3.05, 3.63) is 39.8 Å². The number of thiazole rings is 1. The van der Waals surface area contributed by atoms with Crippen molar-refractivity contribution in [2.75, 3.05) is 6.54 Å². The fourth-order valence-corrected chi connectivity index (χ4v) is 3.84. The monoisotopic (exact) mass is 332 g/mol.